The molecular weight excluding hydrogens is 449 g/mol. The van der Waals surface area contributed by atoms with Crippen LogP contribution in [0.25, 0.3) is 11.3 Å². The van der Waals surface area contributed by atoms with Gasteiger partial charge in [-0.2, -0.15) is 0 Å². The molecule has 33 heavy (non-hydrogen) atoms. The van der Waals surface area contributed by atoms with Gasteiger partial charge in [-0.25, -0.2) is 4.39 Å². The van der Waals surface area contributed by atoms with E-state index in [1.165, 1.54) is 47.5 Å². The summed E-state index contributed by atoms with van der Waals surface area (Å²) >= 11 is 1.16. The van der Waals surface area contributed by atoms with Gasteiger partial charge in [-0.15, -0.1) is 10.2 Å². The van der Waals surface area contributed by atoms with Crippen LogP contribution in [0, 0.1) is 5.82 Å². The Labute approximate surface area is 192 Å². The number of ether oxygens (including phenoxy) is 2. The van der Waals surface area contributed by atoms with Crippen LogP contribution < -0.4 is 20.3 Å². The van der Waals surface area contributed by atoms with E-state index in [0.717, 1.165) is 11.8 Å². The molecule has 9 nitrogen and oxygen atoms in total. The highest BCUT2D eigenvalue weighted by molar-refractivity contribution is 8.00. The first-order chi connectivity index (χ1) is 15.9. The molecule has 0 saturated heterocycles. The molecule has 170 valence electrons. The minimum Gasteiger partial charge on any atom is -0.497 e. The zero-order valence-electron chi connectivity index (χ0n) is 18.0. The van der Waals surface area contributed by atoms with Crippen LogP contribution in [0.1, 0.15) is 6.92 Å². The van der Waals surface area contributed by atoms with Crippen LogP contribution in [0.3, 0.4) is 0 Å². The van der Waals surface area contributed by atoms with Gasteiger partial charge in [0.2, 0.25) is 11.6 Å². The summed E-state index contributed by atoms with van der Waals surface area (Å²) in [6.07, 6.45) is 3.17. The Kier molecular flexibility index (Phi) is 6.31. The van der Waals surface area contributed by atoms with Crippen LogP contribution in [-0.2, 0) is 4.79 Å². The number of carbonyl (C=O) groups excluding carboxylic acids is 1. The number of aromatic nitrogens is 4. The van der Waals surface area contributed by atoms with Crippen molar-refractivity contribution in [1.29, 1.82) is 0 Å². The van der Waals surface area contributed by atoms with Gasteiger partial charge in [0.15, 0.2) is 5.16 Å². The zero-order chi connectivity index (χ0) is 23.5. The minimum absolute atomic E-state index is 0.0921. The number of halogens is 1. The molecular formula is C22H20FN5O4S. The highest BCUT2D eigenvalue weighted by Crippen LogP contribution is 2.27. The Balaban J connectivity index is 1.54. The van der Waals surface area contributed by atoms with E-state index < -0.39 is 16.6 Å². The molecule has 11 heteroatoms. The average molecular weight is 469 g/mol. The lowest BCUT2D eigenvalue weighted by atomic mass is 10.2. The Morgan fingerprint density at radius 3 is 2.36 bits per heavy atom. The Morgan fingerprint density at radius 1 is 1.06 bits per heavy atom. The number of hydrogen-bond acceptors (Lipinski definition) is 7. The molecule has 0 unspecified atom stereocenters. The Morgan fingerprint density at radius 2 is 1.73 bits per heavy atom. The van der Waals surface area contributed by atoms with Gasteiger partial charge < -0.3 is 14.8 Å². The van der Waals surface area contributed by atoms with Gasteiger partial charge in [-0.3, -0.25) is 18.6 Å². The molecule has 1 amide bonds. The van der Waals surface area contributed by atoms with Crippen LogP contribution in [0.15, 0.2) is 64.8 Å². The quantitative estimate of drug-likeness (QED) is 0.415. The van der Waals surface area contributed by atoms with Crippen LogP contribution >= 0.6 is 11.8 Å². The Bertz CT molecular complexity index is 1350. The van der Waals surface area contributed by atoms with E-state index >= 15 is 0 Å². The van der Waals surface area contributed by atoms with Crippen molar-refractivity contribution in [2.24, 2.45) is 0 Å². The fraction of sp³-hybridized carbons (Fsp3) is 0.182. The van der Waals surface area contributed by atoms with Crippen molar-refractivity contribution in [1.82, 2.24) is 19.2 Å². The molecule has 1 atom stereocenters. The van der Waals surface area contributed by atoms with E-state index in [-0.39, 0.29) is 11.6 Å². The third-order valence-electron chi connectivity index (χ3n) is 4.81. The SMILES string of the molecule is COc1cc(NC(=O)[C@@H](C)Sc2nnc3c(=O)n(-c4ccc(F)cc4)ccn23)cc(OC)c1. The summed E-state index contributed by atoms with van der Waals surface area (Å²) in [5.74, 6) is 0.428. The lowest BCUT2D eigenvalue weighted by Crippen LogP contribution is -2.23. The van der Waals surface area contributed by atoms with E-state index in [4.69, 9.17) is 9.47 Å². The predicted octanol–water partition coefficient (Wildman–Crippen LogP) is 3.16. The van der Waals surface area contributed by atoms with Crippen molar-refractivity contribution in [3.05, 3.63) is 71.0 Å². The van der Waals surface area contributed by atoms with E-state index in [1.807, 2.05) is 0 Å². The molecule has 2 heterocycles. The molecule has 0 aliphatic carbocycles. The van der Waals surface area contributed by atoms with Crippen molar-refractivity contribution in [3.63, 3.8) is 0 Å². The summed E-state index contributed by atoms with van der Waals surface area (Å²) in [4.78, 5) is 25.6. The number of hydrogen-bond donors (Lipinski definition) is 1. The van der Waals surface area contributed by atoms with Crippen LogP contribution in [0.5, 0.6) is 11.5 Å². The van der Waals surface area contributed by atoms with Crippen molar-refractivity contribution in [3.8, 4) is 17.2 Å². The first-order valence-corrected chi connectivity index (χ1v) is 10.7. The van der Waals surface area contributed by atoms with Gasteiger partial charge in [0.25, 0.3) is 0 Å². The van der Waals surface area contributed by atoms with Crippen molar-refractivity contribution >= 4 is 29.0 Å². The maximum Gasteiger partial charge on any atom is 0.300 e. The van der Waals surface area contributed by atoms with Crippen molar-refractivity contribution in [2.75, 3.05) is 19.5 Å². The number of nitrogens with zero attached hydrogens (tertiary/aromatic N) is 4. The van der Waals surface area contributed by atoms with Crippen LogP contribution in [-0.4, -0.2) is 44.5 Å². The van der Waals surface area contributed by atoms with Crippen molar-refractivity contribution in [2.45, 2.75) is 17.3 Å². The number of fused-ring (bicyclic) bond motifs is 1. The monoisotopic (exact) mass is 469 g/mol. The van der Waals surface area contributed by atoms with E-state index in [9.17, 15) is 14.0 Å². The molecule has 0 bridgehead atoms. The smallest absolute Gasteiger partial charge is 0.300 e. The summed E-state index contributed by atoms with van der Waals surface area (Å²) in [7, 11) is 3.05. The molecule has 1 N–H and O–H groups in total. The van der Waals surface area contributed by atoms with Gasteiger partial charge in [-0.1, -0.05) is 11.8 Å². The second kappa shape index (κ2) is 9.33. The average Bonchev–Trinajstić information content (AvgIpc) is 3.23. The van der Waals surface area contributed by atoms with Gasteiger partial charge >= 0.3 is 5.56 Å². The number of thioether (sulfide) groups is 1. The fourth-order valence-electron chi connectivity index (χ4n) is 3.09. The Hall–Kier alpha value is -3.86. The molecule has 4 aromatic rings. The third kappa shape index (κ3) is 4.67. The maximum atomic E-state index is 13.2. The largest absolute Gasteiger partial charge is 0.497 e. The van der Waals surface area contributed by atoms with Crippen LogP contribution in [0.4, 0.5) is 10.1 Å². The number of benzene rings is 2. The second-order valence-electron chi connectivity index (χ2n) is 6.98. The number of nitrogens with one attached hydrogen (secondary N) is 1. The number of anilines is 1. The second-order valence-corrected chi connectivity index (χ2v) is 8.28. The summed E-state index contributed by atoms with van der Waals surface area (Å²) in [6, 6.07) is 10.6. The van der Waals surface area contributed by atoms with Crippen molar-refractivity contribution < 1.29 is 18.7 Å². The van der Waals surface area contributed by atoms with Gasteiger partial charge in [0.1, 0.15) is 17.3 Å². The first-order valence-electron chi connectivity index (χ1n) is 9.82. The predicted molar refractivity (Wildman–Crippen MR) is 122 cm³/mol. The minimum atomic E-state index is -0.547. The number of methoxy groups -OCH3 is 2. The highest BCUT2D eigenvalue weighted by atomic mass is 32.2. The summed E-state index contributed by atoms with van der Waals surface area (Å²) in [5.41, 5.74) is 0.706. The van der Waals surface area contributed by atoms with Gasteiger partial charge in [-0.05, 0) is 31.2 Å². The lowest BCUT2D eigenvalue weighted by molar-refractivity contribution is -0.115. The highest BCUT2D eigenvalue weighted by Gasteiger charge is 2.20. The van der Waals surface area contributed by atoms with E-state index in [1.54, 1.807) is 37.5 Å². The molecule has 2 aromatic carbocycles. The van der Waals surface area contributed by atoms with Gasteiger partial charge in [0.05, 0.1) is 19.5 Å². The van der Waals surface area contributed by atoms with Crippen LogP contribution in [0.2, 0.25) is 0 Å². The van der Waals surface area contributed by atoms with Gasteiger partial charge in [0, 0.05) is 42.0 Å². The fourth-order valence-corrected chi connectivity index (χ4v) is 3.92. The van der Waals surface area contributed by atoms with E-state index in [0.29, 0.717) is 28.0 Å². The molecule has 0 aliphatic rings. The first kappa shape index (κ1) is 22.3. The molecule has 4 rings (SSSR count). The third-order valence-corrected chi connectivity index (χ3v) is 5.87. The maximum absolute atomic E-state index is 13.2. The topological polar surface area (TPSA) is 99.8 Å². The summed E-state index contributed by atoms with van der Waals surface area (Å²) in [6.45, 7) is 1.72. The number of rotatable bonds is 7. The number of carbonyl (C=O) groups is 1. The molecule has 0 spiro atoms. The molecule has 2 aromatic heterocycles. The normalized spacial score (nSPS) is 11.9. The zero-order valence-corrected chi connectivity index (χ0v) is 18.8. The lowest BCUT2D eigenvalue weighted by Gasteiger charge is -2.13. The standard InChI is InChI=1S/C22H20FN5O4S/c1-13(20(29)24-15-10-17(31-2)12-18(11-15)32-3)33-22-26-25-19-21(30)27(8-9-28(19)22)16-6-4-14(23)5-7-16/h4-13H,1-3H3,(H,24,29)/t13-/m1/s1. The molecule has 0 fully saturated rings. The molecule has 0 radical (unpaired) electrons. The van der Waals surface area contributed by atoms with E-state index in [2.05, 4.69) is 15.5 Å². The number of amides is 1. The summed E-state index contributed by atoms with van der Waals surface area (Å²) < 4.78 is 26.5. The molecule has 0 saturated carbocycles. The summed E-state index contributed by atoms with van der Waals surface area (Å²) in [5, 5.41) is 10.7. The molecule has 0 aliphatic heterocycles.